The normalized spacial score (nSPS) is 10.4. The second-order valence-electron chi connectivity index (χ2n) is 2.26. The third-order valence-electron chi connectivity index (χ3n) is 1.39. The van der Waals surface area contributed by atoms with Crippen LogP contribution in [0, 0.1) is 0 Å². The van der Waals surface area contributed by atoms with E-state index in [1.807, 2.05) is 17.1 Å². The summed E-state index contributed by atoms with van der Waals surface area (Å²) in [6.07, 6.45) is 3.80. The Hall–Kier alpha value is -0.480. The lowest BCUT2D eigenvalue weighted by molar-refractivity contribution is 0.183. The summed E-state index contributed by atoms with van der Waals surface area (Å²) in [5.74, 6) is 0.743. The van der Waals surface area contributed by atoms with Crippen molar-refractivity contribution in [3.05, 3.63) is 18.0 Å². The summed E-state index contributed by atoms with van der Waals surface area (Å²) in [6.45, 7) is 1.51. The van der Waals surface area contributed by atoms with Gasteiger partial charge in [0.05, 0.1) is 19.3 Å². The van der Waals surface area contributed by atoms with Crippen LogP contribution in [0.15, 0.2) is 12.4 Å². The van der Waals surface area contributed by atoms with Crippen molar-refractivity contribution in [1.29, 1.82) is 0 Å². The Bertz CT molecular complexity index is 212. The van der Waals surface area contributed by atoms with Crippen molar-refractivity contribution in [2.24, 2.45) is 0 Å². The molecule has 1 aromatic heterocycles. The summed E-state index contributed by atoms with van der Waals surface area (Å²) in [4.78, 5) is 0. The Morgan fingerprint density at radius 1 is 1.73 bits per heavy atom. The van der Waals surface area contributed by atoms with E-state index in [2.05, 4.69) is 17.7 Å². The van der Waals surface area contributed by atoms with E-state index in [4.69, 9.17) is 4.74 Å². The number of hydrogen-bond acceptors (Lipinski definition) is 3. The topological polar surface area (TPSA) is 27.1 Å². The van der Waals surface area contributed by atoms with E-state index in [1.54, 1.807) is 7.11 Å². The summed E-state index contributed by atoms with van der Waals surface area (Å²) < 4.78 is 6.76. The molecule has 0 bridgehead atoms. The van der Waals surface area contributed by atoms with Crippen LogP contribution < -0.4 is 0 Å². The molecule has 0 saturated carbocycles. The van der Waals surface area contributed by atoms with Gasteiger partial charge in [0.25, 0.3) is 0 Å². The number of hydrogen-bond donors (Lipinski definition) is 1. The first-order valence-electron chi connectivity index (χ1n) is 3.48. The molecule has 0 N–H and O–H groups in total. The van der Waals surface area contributed by atoms with Crippen molar-refractivity contribution in [3.63, 3.8) is 0 Å². The quantitative estimate of drug-likeness (QED) is 0.685. The van der Waals surface area contributed by atoms with Crippen LogP contribution in [0.4, 0.5) is 0 Å². The minimum Gasteiger partial charge on any atom is -0.383 e. The van der Waals surface area contributed by atoms with Gasteiger partial charge in [-0.3, -0.25) is 4.68 Å². The highest BCUT2D eigenvalue weighted by Gasteiger charge is 1.94. The summed E-state index contributed by atoms with van der Waals surface area (Å²) in [5.41, 5.74) is 1.14. The highest BCUT2D eigenvalue weighted by molar-refractivity contribution is 7.79. The molecule has 62 valence electrons. The van der Waals surface area contributed by atoms with Crippen LogP contribution >= 0.6 is 12.6 Å². The molecule has 0 aliphatic rings. The first-order valence-corrected chi connectivity index (χ1v) is 4.11. The summed E-state index contributed by atoms with van der Waals surface area (Å²) in [6, 6.07) is 0. The molecule has 0 unspecified atom stereocenters. The first kappa shape index (κ1) is 8.62. The van der Waals surface area contributed by atoms with Crippen LogP contribution in [-0.2, 0) is 17.0 Å². The van der Waals surface area contributed by atoms with Gasteiger partial charge in [0, 0.05) is 19.1 Å². The third-order valence-corrected chi connectivity index (χ3v) is 1.76. The Morgan fingerprint density at radius 2 is 2.55 bits per heavy atom. The smallest absolute Gasteiger partial charge is 0.0658 e. The minimum atomic E-state index is 0.702. The van der Waals surface area contributed by atoms with E-state index < -0.39 is 0 Å². The second-order valence-corrected chi connectivity index (χ2v) is 2.58. The molecular formula is C7H12N2OS. The zero-order valence-electron chi connectivity index (χ0n) is 6.53. The Balaban J connectivity index is 2.44. The molecule has 0 aliphatic heterocycles. The number of thiol groups is 1. The number of ether oxygens (including phenoxy) is 1. The van der Waals surface area contributed by atoms with Gasteiger partial charge in [0.15, 0.2) is 0 Å². The molecule has 0 amide bonds. The van der Waals surface area contributed by atoms with Gasteiger partial charge >= 0.3 is 0 Å². The number of aromatic nitrogens is 2. The Morgan fingerprint density at radius 3 is 3.09 bits per heavy atom. The van der Waals surface area contributed by atoms with Gasteiger partial charge in [-0.15, -0.1) is 0 Å². The van der Waals surface area contributed by atoms with Crippen molar-refractivity contribution in [2.45, 2.75) is 12.3 Å². The largest absolute Gasteiger partial charge is 0.383 e. The number of methoxy groups -OCH3 is 1. The molecule has 1 aromatic rings. The van der Waals surface area contributed by atoms with Gasteiger partial charge in [-0.05, 0) is 5.56 Å². The minimum absolute atomic E-state index is 0.702. The first-order chi connectivity index (χ1) is 5.36. The van der Waals surface area contributed by atoms with E-state index in [0.717, 1.165) is 17.9 Å². The lowest BCUT2D eigenvalue weighted by Crippen LogP contribution is -2.03. The van der Waals surface area contributed by atoms with Gasteiger partial charge in [-0.1, -0.05) is 0 Å². The van der Waals surface area contributed by atoms with Gasteiger partial charge in [-0.25, -0.2) is 0 Å². The van der Waals surface area contributed by atoms with E-state index >= 15 is 0 Å². The van der Waals surface area contributed by atoms with Gasteiger partial charge in [0.1, 0.15) is 0 Å². The van der Waals surface area contributed by atoms with Crippen molar-refractivity contribution >= 4 is 12.6 Å². The fraction of sp³-hybridized carbons (Fsp3) is 0.571. The lowest BCUT2D eigenvalue weighted by Gasteiger charge is -1.97. The standard InChI is InChI=1S/C7H12N2OS/c1-10-3-2-9-5-7(6-11)4-8-9/h4-5,11H,2-3,6H2,1H3. The Labute approximate surface area is 71.8 Å². The molecule has 11 heavy (non-hydrogen) atoms. The molecular weight excluding hydrogens is 160 g/mol. The van der Waals surface area contributed by atoms with Gasteiger partial charge in [-0.2, -0.15) is 17.7 Å². The maximum Gasteiger partial charge on any atom is 0.0658 e. The van der Waals surface area contributed by atoms with Crippen molar-refractivity contribution in [3.8, 4) is 0 Å². The maximum absolute atomic E-state index is 4.91. The van der Waals surface area contributed by atoms with Gasteiger partial charge < -0.3 is 4.74 Å². The Kier molecular flexibility index (Phi) is 3.45. The fourth-order valence-electron chi connectivity index (χ4n) is 0.795. The SMILES string of the molecule is COCCn1cc(CS)cn1. The molecule has 0 saturated heterocycles. The maximum atomic E-state index is 4.91. The van der Waals surface area contributed by atoms with Crippen molar-refractivity contribution in [1.82, 2.24) is 9.78 Å². The molecule has 0 atom stereocenters. The summed E-state index contributed by atoms with van der Waals surface area (Å²) >= 11 is 4.13. The summed E-state index contributed by atoms with van der Waals surface area (Å²) in [7, 11) is 1.68. The van der Waals surface area contributed by atoms with Crippen LogP contribution in [0.2, 0.25) is 0 Å². The molecule has 0 spiro atoms. The molecule has 3 nitrogen and oxygen atoms in total. The molecule has 1 rings (SSSR count). The summed E-state index contributed by atoms with van der Waals surface area (Å²) in [5, 5.41) is 4.11. The molecule has 4 heteroatoms. The zero-order chi connectivity index (χ0) is 8.10. The van der Waals surface area contributed by atoms with E-state index in [-0.39, 0.29) is 0 Å². The number of nitrogens with zero attached hydrogens (tertiary/aromatic N) is 2. The second kappa shape index (κ2) is 4.41. The predicted molar refractivity (Wildman–Crippen MR) is 46.8 cm³/mol. The van der Waals surface area contributed by atoms with E-state index in [1.165, 1.54) is 0 Å². The molecule has 1 heterocycles. The zero-order valence-corrected chi connectivity index (χ0v) is 7.42. The number of rotatable bonds is 4. The predicted octanol–water partition coefficient (Wildman–Crippen LogP) is 0.959. The van der Waals surface area contributed by atoms with Crippen LogP contribution in [0.1, 0.15) is 5.56 Å². The average molecular weight is 172 g/mol. The van der Waals surface area contributed by atoms with E-state index in [0.29, 0.717) is 6.61 Å². The van der Waals surface area contributed by atoms with Crippen LogP contribution in [0.25, 0.3) is 0 Å². The van der Waals surface area contributed by atoms with Crippen molar-refractivity contribution in [2.75, 3.05) is 13.7 Å². The molecule has 0 aromatic carbocycles. The molecule has 0 aliphatic carbocycles. The van der Waals surface area contributed by atoms with Crippen LogP contribution in [0.3, 0.4) is 0 Å². The van der Waals surface area contributed by atoms with Gasteiger partial charge in [0.2, 0.25) is 0 Å². The van der Waals surface area contributed by atoms with Crippen LogP contribution in [-0.4, -0.2) is 23.5 Å². The van der Waals surface area contributed by atoms with E-state index in [9.17, 15) is 0 Å². The monoisotopic (exact) mass is 172 g/mol. The molecule has 0 fully saturated rings. The highest BCUT2D eigenvalue weighted by atomic mass is 32.1. The fourth-order valence-corrected chi connectivity index (χ4v) is 0.958. The van der Waals surface area contributed by atoms with Crippen molar-refractivity contribution < 1.29 is 4.74 Å². The molecule has 0 radical (unpaired) electrons. The van der Waals surface area contributed by atoms with Crippen LogP contribution in [0.5, 0.6) is 0 Å². The third kappa shape index (κ3) is 2.55. The average Bonchev–Trinajstić information content (AvgIpc) is 2.48. The highest BCUT2D eigenvalue weighted by Crippen LogP contribution is 2.00. The lowest BCUT2D eigenvalue weighted by atomic mass is 10.4.